The summed E-state index contributed by atoms with van der Waals surface area (Å²) < 4.78 is 0. The molecule has 0 aliphatic rings. The van der Waals surface area contributed by atoms with Crippen molar-refractivity contribution in [3.8, 4) is 0 Å². The molecule has 0 saturated heterocycles. The number of urea groups is 1. The molecule has 6 heteroatoms. The van der Waals surface area contributed by atoms with E-state index in [9.17, 15) is 9.59 Å². The number of amides is 2. The normalized spacial score (nSPS) is 12.9. The summed E-state index contributed by atoms with van der Waals surface area (Å²) in [5.41, 5.74) is -0.511. The Balaban J connectivity index is 4.11. The molecular formula is C11H22N2O3S. The lowest BCUT2D eigenvalue weighted by atomic mass is 9.87. The van der Waals surface area contributed by atoms with Crippen LogP contribution in [0.2, 0.25) is 0 Å². The molecule has 0 fully saturated rings. The van der Waals surface area contributed by atoms with Crippen LogP contribution in [-0.2, 0) is 4.79 Å². The van der Waals surface area contributed by atoms with E-state index >= 15 is 0 Å². The summed E-state index contributed by atoms with van der Waals surface area (Å²) in [7, 11) is 0. The van der Waals surface area contributed by atoms with Crippen molar-refractivity contribution in [1.82, 2.24) is 10.6 Å². The fraction of sp³-hybridized carbons (Fsp3) is 0.818. The molecule has 0 bridgehead atoms. The van der Waals surface area contributed by atoms with Gasteiger partial charge in [0.1, 0.15) is 6.04 Å². The fourth-order valence-electron chi connectivity index (χ4n) is 1.25. The molecule has 0 spiro atoms. The van der Waals surface area contributed by atoms with Crippen LogP contribution in [-0.4, -0.2) is 41.7 Å². The van der Waals surface area contributed by atoms with Crippen LogP contribution in [0.5, 0.6) is 0 Å². The smallest absolute Gasteiger partial charge is 0.326 e. The Hall–Kier alpha value is -0.910. The molecule has 1 unspecified atom stereocenters. The number of nitrogens with one attached hydrogen (secondary N) is 2. The zero-order valence-corrected chi connectivity index (χ0v) is 11.7. The zero-order chi connectivity index (χ0) is 13.5. The topological polar surface area (TPSA) is 78.4 Å². The van der Waals surface area contributed by atoms with Crippen LogP contribution in [0.25, 0.3) is 0 Å². The molecule has 0 aromatic heterocycles. The molecule has 0 aromatic rings. The average molecular weight is 262 g/mol. The summed E-state index contributed by atoms with van der Waals surface area (Å²) >= 11 is 1.71. The van der Waals surface area contributed by atoms with Gasteiger partial charge in [0, 0.05) is 6.54 Å². The van der Waals surface area contributed by atoms with Gasteiger partial charge in [-0.2, -0.15) is 11.8 Å². The Morgan fingerprint density at radius 1 is 1.35 bits per heavy atom. The Kier molecular flexibility index (Phi) is 7.03. The SMILES string of the molecule is CSCCCNC(=O)NC(C(=O)O)C(C)(C)C. The maximum atomic E-state index is 11.5. The summed E-state index contributed by atoms with van der Waals surface area (Å²) in [6.07, 6.45) is 2.88. The Bertz CT molecular complexity index is 264. The van der Waals surface area contributed by atoms with Crippen molar-refractivity contribution in [3.05, 3.63) is 0 Å². The van der Waals surface area contributed by atoms with Gasteiger partial charge in [-0.25, -0.2) is 9.59 Å². The second kappa shape index (κ2) is 7.42. The van der Waals surface area contributed by atoms with Crippen LogP contribution < -0.4 is 10.6 Å². The molecule has 0 rings (SSSR count). The largest absolute Gasteiger partial charge is 0.480 e. The van der Waals surface area contributed by atoms with Gasteiger partial charge in [-0.05, 0) is 23.8 Å². The van der Waals surface area contributed by atoms with E-state index in [1.54, 1.807) is 32.5 Å². The first kappa shape index (κ1) is 16.1. The van der Waals surface area contributed by atoms with Crippen molar-refractivity contribution < 1.29 is 14.7 Å². The van der Waals surface area contributed by atoms with E-state index in [-0.39, 0.29) is 0 Å². The van der Waals surface area contributed by atoms with E-state index in [0.717, 1.165) is 12.2 Å². The molecule has 3 N–H and O–H groups in total. The van der Waals surface area contributed by atoms with Crippen LogP contribution in [0.1, 0.15) is 27.2 Å². The molecule has 100 valence electrons. The number of carboxylic acids is 1. The van der Waals surface area contributed by atoms with Gasteiger partial charge in [0.15, 0.2) is 0 Å². The molecular weight excluding hydrogens is 240 g/mol. The van der Waals surface area contributed by atoms with Gasteiger partial charge in [-0.15, -0.1) is 0 Å². The summed E-state index contributed by atoms with van der Waals surface area (Å²) in [4.78, 5) is 22.5. The monoisotopic (exact) mass is 262 g/mol. The second-order valence-corrected chi connectivity index (χ2v) is 5.87. The van der Waals surface area contributed by atoms with Crippen molar-refractivity contribution >= 4 is 23.8 Å². The summed E-state index contributed by atoms with van der Waals surface area (Å²) in [6.45, 7) is 5.89. The number of carbonyl (C=O) groups is 2. The second-order valence-electron chi connectivity index (χ2n) is 4.88. The molecule has 0 radical (unpaired) electrons. The van der Waals surface area contributed by atoms with Gasteiger partial charge >= 0.3 is 12.0 Å². The van der Waals surface area contributed by atoms with Crippen molar-refractivity contribution in [2.75, 3.05) is 18.6 Å². The van der Waals surface area contributed by atoms with E-state index in [1.165, 1.54) is 0 Å². The van der Waals surface area contributed by atoms with Crippen LogP contribution in [0, 0.1) is 5.41 Å². The molecule has 0 saturated carbocycles. The minimum Gasteiger partial charge on any atom is -0.480 e. The first-order valence-electron chi connectivity index (χ1n) is 5.55. The third-order valence-electron chi connectivity index (χ3n) is 2.20. The number of aliphatic carboxylic acids is 1. The summed E-state index contributed by atoms with van der Waals surface area (Å²) in [5, 5.41) is 14.1. The summed E-state index contributed by atoms with van der Waals surface area (Å²) in [6, 6.07) is -1.31. The fourth-order valence-corrected chi connectivity index (χ4v) is 1.68. The predicted octanol–water partition coefficient (Wildman–Crippen LogP) is 1.54. The van der Waals surface area contributed by atoms with Crippen molar-refractivity contribution in [2.45, 2.75) is 33.2 Å². The van der Waals surface area contributed by atoms with E-state index < -0.39 is 23.5 Å². The third-order valence-corrected chi connectivity index (χ3v) is 2.90. The van der Waals surface area contributed by atoms with Gasteiger partial charge in [0.25, 0.3) is 0 Å². The lowest BCUT2D eigenvalue weighted by molar-refractivity contribution is -0.141. The van der Waals surface area contributed by atoms with Crippen LogP contribution in [0.4, 0.5) is 4.79 Å². The van der Waals surface area contributed by atoms with Crippen LogP contribution >= 0.6 is 11.8 Å². The van der Waals surface area contributed by atoms with E-state index in [1.807, 2.05) is 6.26 Å². The number of hydrogen-bond acceptors (Lipinski definition) is 3. The zero-order valence-electron chi connectivity index (χ0n) is 10.9. The van der Waals surface area contributed by atoms with E-state index in [2.05, 4.69) is 10.6 Å². The molecule has 0 aliphatic carbocycles. The average Bonchev–Trinajstić information content (AvgIpc) is 2.19. The maximum absolute atomic E-state index is 11.5. The van der Waals surface area contributed by atoms with Gasteiger partial charge in [0.2, 0.25) is 0 Å². The number of carboxylic acid groups (broad SMARTS) is 1. The van der Waals surface area contributed by atoms with Gasteiger partial charge in [-0.1, -0.05) is 20.8 Å². The highest BCUT2D eigenvalue weighted by molar-refractivity contribution is 7.98. The van der Waals surface area contributed by atoms with E-state index in [4.69, 9.17) is 5.11 Å². The molecule has 5 nitrogen and oxygen atoms in total. The maximum Gasteiger partial charge on any atom is 0.326 e. The van der Waals surface area contributed by atoms with Crippen molar-refractivity contribution in [1.29, 1.82) is 0 Å². The Labute approximate surface area is 107 Å². The Morgan fingerprint density at radius 2 is 1.94 bits per heavy atom. The highest BCUT2D eigenvalue weighted by atomic mass is 32.2. The van der Waals surface area contributed by atoms with Crippen LogP contribution in [0.3, 0.4) is 0 Å². The number of hydrogen-bond donors (Lipinski definition) is 3. The Morgan fingerprint density at radius 3 is 2.35 bits per heavy atom. The first-order chi connectivity index (χ1) is 7.79. The summed E-state index contributed by atoms with van der Waals surface area (Å²) in [5.74, 6) is -0.0428. The number of rotatable bonds is 6. The van der Waals surface area contributed by atoms with Gasteiger partial charge < -0.3 is 15.7 Å². The van der Waals surface area contributed by atoms with Gasteiger partial charge in [-0.3, -0.25) is 0 Å². The minimum absolute atomic E-state index is 0.423. The lowest BCUT2D eigenvalue weighted by Crippen LogP contribution is -2.52. The first-order valence-corrected chi connectivity index (χ1v) is 6.94. The number of carbonyl (C=O) groups excluding carboxylic acids is 1. The van der Waals surface area contributed by atoms with Crippen molar-refractivity contribution in [2.24, 2.45) is 5.41 Å². The predicted molar refractivity (Wildman–Crippen MR) is 70.4 cm³/mol. The standard InChI is InChI=1S/C11H22N2O3S/c1-11(2,3)8(9(14)15)13-10(16)12-6-5-7-17-4/h8H,5-7H2,1-4H3,(H,14,15)(H2,12,13,16). The minimum atomic E-state index is -1.02. The molecule has 2 amide bonds. The van der Waals surface area contributed by atoms with E-state index in [0.29, 0.717) is 6.54 Å². The highest BCUT2D eigenvalue weighted by Gasteiger charge is 2.32. The third kappa shape index (κ3) is 7.10. The molecule has 0 aliphatic heterocycles. The quantitative estimate of drug-likeness (QED) is 0.634. The van der Waals surface area contributed by atoms with Crippen molar-refractivity contribution in [3.63, 3.8) is 0 Å². The van der Waals surface area contributed by atoms with Crippen LogP contribution in [0.15, 0.2) is 0 Å². The van der Waals surface area contributed by atoms with Gasteiger partial charge in [0.05, 0.1) is 0 Å². The lowest BCUT2D eigenvalue weighted by Gasteiger charge is -2.27. The highest BCUT2D eigenvalue weighted by Crippen LogP contribution is 2.19. The molecule has 1 atom stereocenters. The molecule has 0 heterocycles. The molecule has 0 aromatic carbocycles. The number of thioether (sulfide) groups is 1. The molecule has 17 heavy (non-hydrogen) atoms.